The molecule has 1 saturated heterocycles. The second-order valence-corrected chi connectivity index (χ2v) is 8.24. The van der Waals surface area contributed by atoms with Gasteiger partial charge in [0.2, 0.25) is 10.0 Å². The second kappa shape index (κ2) is 7.23. The molecule has 2 unspecified atom stereocenters. The summed E-state index contributed by atoms with van der Waals surface area (Å²) in [5.41, 5.74) is 1.87. The third kappa shape index (κ3) is 3.92. The molecule has 0 saturated carbocycles. The zero-order valence-corrected chi connectivity index (χ0v) is 15.2. The lowest BCUT2D eigenvalue weighted by molar-refractivity contribution is -0.0557. The van der Waals surface area contributed by atoms with E-state index in [2.05, 4.69) is 0 Å². The Morgan fingerprint density at radius 3 is 2.32 bits per heavy atom. The summed E-state index contributed by atoms with van der Waals surface area (Å²) in [5.74, 6) is -0.326. The minimum atomic E-state index is -3.59. The summed E-state index contributed by atoms with van der Waals surface area (Å²) in [5, 5.41) is 0. The van der Waals surface area contributed by atoms with Gasteiger partial charge in [-0.15, -0.1) is 0 Å². The number of aryl methyl sites for hydroxylation is 1. The molecule has 25 heavy (non-hydrogen) atoms. The first-order valence-corrected chi connectivity index (χ1v) is 9.84. The average Bonchev–Trinajstić information content (AvgIpc) is 2.62. The van der Waals surface area contributed by atoms with Crippen LogP contribution in [0.5, 0.6) is 0 Å². The first-order chi connectivity index (χ1) is 11.9. The first kappa shape index (κ1) is 18.0. The summed E-state index contributed by atoms with van der Waals surface area (Å²) in [6, 6.07) is 13.0. The fraction of sp³-hybridized carbons (Fsp3) is 0.368. The highest BCUT2D eigenvalue weighted by Crippen LogP contribution is 2.29. The topological polar surface area (TPSA) is 46.6 Å². The molecule has 0 spiro atoms. The molecule has 2 atom stereocenters. The van der Waals surface area contributed by atoms with Gasteiger partial charge in [-0.25, -0.2) is 12.8 Å². The maximum atomic E-state index is 13.1. The van der Waals surface area contributed by atoms with E-state index in [1.54, 1.807) is 24.3 Å². The van der Waals surface area contributed by atoms with Gasteiger partial charge in [0.05, 0.1) is 17.1 Å². The van der Waals surface area contributed by atoms with Crippen LogP contribution < -0.4 is 0 Å². The minimum Gasteiger partial charge on any atom is -0.368 e. The standard InChI is InChI=1S/C19H22FNO3S/c1-3-15-4-10-18(11-5-15)25(22,23)21-12-14(2)24-19(13-21)16-6-8-17(20)9-7-16/h4-11,14,19H,3,12-13H2,1-2H3. The summed E-state index contributed by atoms with van der Waals surface area (Å²) in [6.07, 6.45) is 0.212. The maximum absolute atomic E-state index is 13.1. The highest BCUT2D eigenvalue weighted by Gasteiger charge is 2.34. The Labute approximate surface area is 148 Å². The van der Waals surface area contributed by atoms with Crippen LogP contribution in [0.3, 0.4) is 0 Å². The van der Waals surface area contributed by atoms with Crippen molar-refractivity contribution in [1.29, 1.82) is 0 Å². The fourth-order valence-electron chi connectivity index (χ4n) is 3.02. The molecule has 0 aromatic heterocycles. The van der Waals surface area contributed by atoms with Crippen molar-refractivity contribution < 1.29 is 17.5 Å². The fourth-order valence-corrected chi connectivity index (χ4v) is 4.53. The third-order valence-corrected chi connectivity index (χ3v) is 6.28. The van der Waals surface area contributed by atoms with Crippen molar-refractivity contribution in [3.8, 4) is 0 Å². The molecule has 2 aromatic rings. The molecule has 0 N–H and O–H groups in total. The van der Waals surface area contributed by atoms with Crippen LogP contribution in [-0.4, -0.2) is 31.9 Å². The molecular weight excluding hydrogens is 341 g/mol. The van der Waals surface area contributed by atoms with E-state index in [1.165, 1.54) is 16.4 Å². The quantitative estimate of drug-likeness (QED) is 0.835. The van der Waals surface area contributed by atoms with Crippen molar-refractivity contribution in [3.05, 3.63) is 65.5 Å². The molecular formula is C19H22FNO3S. The molecule has 134 valence electrons. The SMILES string of the molecule is CCc1ccc(S(=O)(=O)N2CC(C)OC(c3ccc(F)cc3)C2)cc1. The van der Waals surface area contributed by atoms with E-state index in [9.17, 15) is 12.8 Å². The van der Waals surface area contributed by atoms with E-state index in [1.807, 2.05) is 26.0 Å². The lowest BCUT2D eigenvalue weighted by atomic mass is 10.1. The van der Waals surface area contributed by atoms with Gasteiger partial charge in [-0.1, -0.05) is 31.2 Å². The first-order valence-electron chi connectivity index (χ1n) is 8.40. The van der Waals surface area contributed by atoms with Crippen LogP contribution in [0.15, 0.2) is 53.4 Å². The molecule has 1 heterocycles. The normalized spacial score (nSPS) is 22.0. The van der Waals surface area contributed by atoms with Crippen LogP contribution in [-0.2, 0) is 21.2 Å². The van der Waals surface area contributed by atoms with Crippen LogP contribution in [0.25, 0.3) is 0 Å². The number of ether oxygens (including phenoxy) is 1. The van der Waals surface area contributed by atoms with Crippen molar-refractivity contribution in [1.82, 2.24) is 4.31 Å². The summed E-state index contributed by atoms with van der Waals surface area (Å²) in [7, 11) is -3.59. The number of morpholine rings is 1. The van der Waals surface area contributed by atoms with Gasteiger partial charge in [0.25, 0.3) is 0 Å². The Bertz CT molecular complexity index is 819. The zero-order chi connectivity index (χ0) is 18.0. The second-order valence-electron chi connectivity index (χ2n) is 6.31. The Morgan fingerprint density at radius 2 is 1.72 bits per heavy atom. The largest absolute Gasteiger partial charge is 0.368 e. The summed E-state index contributed by atoms with van der Waals surface area (Å²) < 4.78 is 46.4. The smallest absolute Gasteiger partial charge is 0.243 e. The zero-order valence-electron chi connectivity index (χ0n) is 14.4. The van der Waals surface area contributed by atoms with Gasteiger partial charge in [-0.05, 0) is 48.7 Å². The molecule has 0 radical (unpaired) electrons. The van der Waals surface area contributed by atoms with Gasteiger partial charge in [0.15, 0.2) is 0 Å². The van der Waals surface area contributed by atoms with Crippen molar-refractivity contribution in [2.45, 2.75) is 37.4 Å². The number of hydrogen-bond donors (Lipinski definition) is 0. The van der Waals surface area contributed by atoms with Crippen LogP contribution in [0.1, 0.15) is 31.1 Å². The van der Waals surface area contributed by atoms with Gasteiger partial charge in [-0.2, -0.15) is 4.31 Å². The van der Waals surface area contributed by atoms with Gasteiger partial charge in [0.1, 0.15) is 5.82 Å². The van der Waals surface area contributed by atoms with Gasteiger partial charge >= 0.3 is 0 Å². The average molecular weight is 363 g/mol. The van der Waals surface area contributed by atoms with E-state index in [-0.39, 0.29) is 23.4 Å². The lowest BCUT2D eigenvalue weighted by Crippen LogP contribution is -2.45. The number of halogens is 1. The minimum absolute atomic E-state index is 0.216. The highest BCUT2D eigenvalue weighted by atomic mass is 32.2. The van der Waals surface area contributed by atoms with E-state index in [0.29, 0.717) is 6.54 Å². The number of hydrogen-bond acceptors (Lipinski definition) is 3. The monoisotopic (exact) mass is 363 g/mol. The van der Waals surface area contributed by atoms with Gasteiger partial charge in [-0.3, -0.25) is 0 Å². The summed E-state index contributed by atoms with van der Waals surface area (Å²) >= 11 is 0. The molecule has 4 nitrogen and oxygen atoms in total. The van der Waals surface area contributed by atoms with Crippen LogP contribution in [0.2, 0.25) is 0 Å². The predicted octanol–water partition coefficient (Wildman–Crippen LogP) is 3.54. The van der Waals surface area contributed by atoms with Crippen molar-refractivity contribution >= 4 is 10.0 Å². The number of rotatable bonds is 4. The Balaban J connectivity index is 1.85. The molecule has 6 heteroatoms. The van der Waals surface area contributed by atoms with E-state index < -0.39 is 16.1 Å². The molecule has 0 aliphatic carbocycles. The molecule has 0 bridgehead atoms. The summed E-state index contributed by atoms with van der Waals surface area (Å²) in [6.45, 7) is 4.39. The molecule has 1 aliphatic heterocycles. The Hall–Kier alpha value is -1.76. The van der Waals surface area contributed by atoms with Crippen molar-refractivity contribution in [2.75, 3.05) is 13.1 Å². The van der Waals surface area contributed by atoms with Crippen LogP contribution >= 0.6 is 0 Å². The van der Waals surface area contributed by atoms with E-state index >= 15 is 0 Å². The molecule has 0 amide bonds. The number of benzene rings is 2. The predicted molar refractivity (Wildman–Crippen MR) is 94.3 cm³/mol. The number of nitrogens with zero attached hydrogens (tertiary/aromatic N) is 1. The maximum Gasteiger partial charge on any atom is 0.243 e. The summed E-state index contributed by atoms with van der Waals surface area (Å²) in [4.78, 5) is 0.289. The van der Waals surface area contributed by atoms with Gasteiger partial charge in [0, 0.05) is 13.1 Å². The third-order valence-electron chi connectivity index (χ3n) is 4.44. The lowest BCUT2D eigenvalue weighted by Gasteiger charge is -2.36. The van der Waals surface area contributed by atoms with Crippen LogP contribution in [0, 0.1) is 5.82 Å². The van der Waals surface area contributed by atoms with Crippen molar-refractivity contribution in [3.63, 3.8) is 0 Å². The molecule has 3 rings (SSSR count). The van der Waals surface area contributed by atoms with E-state index in [0.717, 1.165) is 17.5 Å². The molecule has 2 aromatic carbocycles. The molecule has 1 fully saturated rings. The number of sulfonamides is 1. The highest BCUT2D eigenvalue weighted by molar-refractivity contribution is 7.89. The van der Waals surface area contributed by atoms with Gasteiger partial charge < -0.3 is 4.74 Å². The Morgan fingerprint density at radius 1 is 1.08 bits per heavy atom. The van der Waals surface area contributed by atoms with Crippen molar-refractivity contribution in [2.24, 2.45) is 0 Å². The van der Waals surface area contributed by atoms with E-state index in [4.69, 9.17) is 4.74 Å². The molecule has 1 aliphatic rings. The Kier molecular flexibility index (Phi) is 5.22. The van der Waals surface area contributed by atoms with Crippen LogP contribution in [0.4, 0.5) is 4.39 Å².